The molecule has 1 N–H and O–H groups in total. The molecule has 2 aliphatic rings. The van der Waals surface area contributed by atoms with Crippen LogP contribution < -0.4 is 10.3 Å². The third-order valence-electron chi connectivity index (χ3n) is 6.58. The zero-order valence-electron chi connectivity index (χ0n) is 20.5. The zero-order valence-corrected chi connectivity index (χ0v) is 20.5. The number of anilines is 2. The van der Waals surface area contributed by atoms with Gasteiger partial charge in [-0.15, -0.1) is 0 Å². The summed E-state index contributed by atoms with van der Waals surface area (Å²) in [6.45, 7) is 5.87. The van der Waals surface area contributed by atoms with Crippen LogP contribution in [0, 0.1) is 6.92 Å². The molecule has 4 aromatic rings. The lowest BCUT2D eigenvalue weighted by Gasteiger charge is -2.39. The van der Waals surface area contributed by atoms with Crippen molar-refractivity contribution in [2.75, 3.05) is 49.7 Å². The van der Waals surface area contributed by atoms with Crippen LogP contribution in [-0.4, -0.2) is 80.9 Å². The Hall–Kier alpha value is -4.38. The molecule has 11 heteroatoms. The molecule has 2 aliphatic heterocycles. The first kappa shape index (κ1) is 23.0. The van der Waals surface area contributed by atoms with Gasteiger partial charge in [0.05, 0.1) is 37.4 Å². The number of hydrazone groups is 1. The van der Waals surface area contributed by atoms with E-state index in [1.165, 1.54) is 5.56 Å². The minimum atomic E-state index is -0.0229. The first-order valence-corrected chi connectivity index (χ1v) is 12.3. The second kappa shape index (κ2) is 9.94. The first-order valence-electron chi connectivity index (χ1n) is 12.3. The zero-order chi connectivity index (χ0) is 25.2. The van der Waals surface area contributed by atoms with Gasteiger partial charge in [-0.05, 0) is 24.6 Å². The molecule has 3 aromatic heterocycles. The predicted molar refractivity (Wildman–Crippen MR) is 140 cm³/mol. The van der Waals surface area contributed by atoms with Crippen molar-refractivity contribution in [3.05, 3.63) is 71.8 Å². The Morgan fingerprint density at radius 3 is 2.81 bits per heavy atom. The number of nitrogens with zero attached hydrogens (tertiary/aromatic N) is 8. The fraction of sp³-hybridized carbons (Fsp3) is 0.308. The van der Waals surface area contributed by atoms with Crippen molar-refractivity contribution in [3.63, 3.8) is 0 Å². The molecular formula is C26H27N9O2. The fourth-order valence-electron chi connectivity index (χ4n) is 4.54. The predicted octanol–water partition coefficient (Wildman–Crippen LogP) is 2.51. The van der Waals surface area contributed by atoms with E-state index in [1.54, 1.807) is 37.1 Å². The number of aromatic nitrogens is 5. The summed E-state index contributed by atoms with van der Waals surface area (Å²) in [4.78, 5) is 35.0. The van der Waals surface area contributed by atoms with Crippen LogP contribution in [0.5, 0.6) is 0 Å². The molecule has 1 aromatic carbocycles. The average molecular weight is 498 g/mol. The Bertz CT molecular complexity index is 1440. The smallest absolute Gasteiger partial charge is 0.255 e. The van der Waals surface area contributed by atoms with E-state index in [2.05, 4.69) is 31.5 Å². The molecule has 1 amide bonds. The molecule has 0 spiro atoms. The van der Waals surface area contributed by atoms with Gasteiger partial charge in [-0.1, -0.05) is 29.8 Å². The standard InChI is InChI=1S/C26H27N9O2/c1-18-4-2-5-19(12-18)13-29-32-23-22-24(31-26(30-23)33-8-10-37-11-9-33)35(17-28-22)21-15-34(16-21)25(36)20-6-3-7-27-14-20/h2-7,12-14,17,21H,8-11,15-16H2,1H3,(H,30,31,32). The normalized spacial score (nSPS) is 16.4. The number of pyridine rings is 1. The highest BCUT2D eigenvalue weighted by Crippen LogP contribution is 2.30. The second-order valence-corrected chi connectivity index (χ2v) is 9.19. The number of carbonyl (C=O) groups excluding carboxylic acids is 1. The summed E-state index contributed by atoms with van der Waals surface area (Å²) in [6, 6.07) is 11.7. The Morgan fingerprint density at radius 2 is 2.03 bits per heavy atom. The number of nitrogens with one attached hydrogen (secondary N) is 1. The van der Waals surface area contributed by atoms with Crippen LogP contribution in [0.3, 0.4) is 0 Å². The number of amides is 1. The number of benzene rings is 1. The molecular weight excluding hydrogens is 470 g/mol. The van der Waals surface area contributed by atoms with E-state index in [-0.39, 0.29) is 11.9 Å². The number of aryl methyl sites for hydroxylation is 1. The number of ether oxygens (including phenoxy) is 1. The van der Waals surface area contributed by atoms with Crippen LogP contribution in [0.4, 0.5) is 11.8 Å². The highest BCUT2D eigenvalue weighted by atomic mass is 16.5. The van der Waals surface area contributed by atoms with Gasteiger partial charge < -0.3 is 19.1 Å². The Kier molecular flexibility index (Phi) is 6.19. The van der Waals surface area contributed by atoms with Gasteiger partial charge in [-0.3, -0.25) is 15.2 Å². The van der Waals surface area contributed by atoms with E-state index >= 15 is 0 Å². The minimum Gasteiger partial charge on any atom is -0.378 e. The third kappa shape index (κ3) is 4.73. The lowest BCUT2D eigenvalue weighted by atomic mass is 10.1. The molecule has 0 aliphatic carbocycles. The van der Waals surface area contributed by atoms with E-state index in [9.17, 15) is 4.79 Å². The molecule has 0 saturated carbocycles. The molecule has 6 rings (SSSR count). The molecule has 2 saturated heterocycles. The van der Waals surface area contributed by atoms with Crippen molar-refractivity contribution in [1.82, 2.24) is 29.4 Å². The van der Waals surface area contributed by atoms with Crippen molar-refractivity contribution in [3.8, 4) is 0 Å². The van der Waals surface area contributed by atoms with Gasteiger partial charge in [0.2, 0.25) is 5.95 Å². The number of likely N-dealkylation sites (tertiary alicyclic amines) is 1. The van der Waals surface area contributed by atoms with Crippen LogP contribution in [0.15, 0.2) is 60.2 Å². The number of carbonyl (C=O) groups is 1. The maximum Gasteiger partial charge on any atom is 0.255 e. The van der Waals surface area contributed by atoms with Crippen LogP contribution in [0.25, 0.3) is 11.2 Å². The highest BCUT2D eigenvalue weighted by molar-refractivity contribution is 5.94. The van der Waals surface area contributed by atoms with Gasteiger partial charge in [0.25, 0.3) is 5.91 Å². The van der Waals surface area contributed by atoms with Crippen molar-refractivity contribution >= 4 is 35.1 Å². The molecule has 2 fully saturated rings. The van der Waals surface area contributed by atoms with Crippen LogP contribution in [0.1, 0.15) is 27.5 Å². The number of fused-ring (bicyclic) bond motifs is 1. The Labute approximate surface area is 213 Å². The fourth-order valence-corrected chi connectivity index (χ4v) is 4.54. The topological polar surface area (TPSA) is 114 Å². The summed E-state index contributed by atoms with van der Waals surface area (Å²) < 4.78 is 7.54. The molecule has 0 unspecified atom stereocenters. The summed E-state index contributed by atoms with van der Waals surface area (Å²) in [7, 11) is 0. The molecule has 0 bridgehead atoms. The lowest BCUT2D eigenvalue weighted by Crippen LogP contribution is -2.50. The van der Waals surface area contributed by atoms with Gasteiger partial charge in [0, 0.05) is 38.6 Å². The average Bonchev–Trinajstić information content (AvgIpc) is 3.32. The summed E-state index contributed by atoms with van der Waals surface area (Å²) in [5, 5.41) is 4.43. The quantitative estimate of drug-likeness (QED) is 0.319. The van der Waals surface area contributed by atoms with Gasteiger partial charge in [0.1, 0.15) is 0 Å². The van der Waals surface area contributed by atoms with Crippen molar-refractivity contribution < 1.29 is 9.53 Å². The third-order valence-corrected chi connectivity index (χ3v) is 6.58. The van der Waals surface area contributed by atoms with E-state index in [4.69, 9.17) is 14.7 Å². The Balaban J connectivity index is 1.27. The summed E-state index contributed by atoms with van der Waals surface area (Å²) in [5.41, 5.74) is 7.18. The van der Waals surface area contributed by atoms with Gasteiger partial charge in [-0.25, -0.2) is 4.98 Å². The minimum absolute atomic E-state index is 0.0229. The maximum absolute atomic E-state index is 12.8. The number of morpholine rings is 1. The first-order chi connectivity index (χ1) is 18.2. The van der Waals surface area contributed by atoms with E-state index < -0.39 is 0 Å². The molecule has 0 radical (unpaired) electrons. The molecule has 0 atom stereocenters. The van der Waals surface area contributed by atoms with Gasteiger partial charge in [-0.2, -0.15) is 15.1 Å². The Morgan fingerprint density at radius 1 is 1.16 bits per heavy atom. The SMILES string of the molecule is Cc1cccc(C=NNc2nc(N3CCOCC3)nc3c2ncn3C2CN(C(=O)c3cccnc3)C2)c1. The van der Waals surface area contributed by atoms with Crippen LogP contribution in [-0.2, 0) is 4.74 Å². The summed E-state index contributed by atoms with van der Waals surface area (Å²) in [6.07, 6.45) is 6.80. The van der Waals surface area contributed by atoms with E-state index in [0.29, 0.717) is 67.9 Å². The molecule has 11 nitrogen and oxygen atoms in total. The highest BCUT2D eigenvalue weighted by Gasteiger charge is 2.34. The second-order valence-electron chi connectivity index (χ2n) is 9.19. The van der Waals surface area contributed by atoms with Crippen LogP contribution in [0.2, 0.25) is 0 Å². The van der Waals surface area contributed by atoms with Crippen molar-refractivity contribution in [2.45, 2.75) is 13.0 Å². The largest absolute Gasteiger partial charge is 0.378 e. The molecule has 37 heavy (non-hydrogen) atoms. The van der Waals surface area contributed by atoms with Crippen molar-refractivity contribution in [2.24, 2.45) is 5.10 Å². The number of imidazole rings is 1. The van der Waals surface area contributed by atoms with Gasteiger partial charge in [0.15, 0.2) is 17.0 Å². The van der Waals surface area contributed by atoms with Crippen molar-refractivity contribution in [1.29, 1.82) is 0 Å². The summed E-state index contributed by atoms with van der Waals surface area (Å²) in [5.74, 6) is 1.12. The number of hydrogen-bond donors (Lipinski definition) is 1. The maximum atomic E-state index is 12.8. The number of rotatable bonds is 6. The number of hydrogen-bond acceptors (Lipinski definition) is 9. The van der Waals surface area contributed by atoms with E-state index in [1.807, 2.05) is 34.6 Å². The molecule has 5 heterocycles. The van der Waals surface area contributed by atoms with Gasteiger partial charge >= 0.3 is 0 Å². The van der Waals surface area contributed by atoms with Crippen LogP contribution >= 0.6 is 0 Å². The molecule has 188 valence electrons. The van der Waals surface area contributed by atoms with E-state index in [0.717, 1.165) is 5.56 Å². The summed E-state index contributed by atoms with van der Waals surface area (Å²) >= 11 is 0. The lowest BCUT2D eigenvalue weighted by molar-refractivity contribution is 0.0525. The monoisotopic (exact) mass is 497 g/mol.